The summed E-state index contributed by atoms with van der Waals surface area (Å²) in [4.78, 5) is 23.3. The molecule has 1 aromatic rings. The molecule has 4 heteroatoms. The summed E-state index contributed by atoms with van der Waals surface area (Å²) in [5.74, 6) is 0.326. The van der Waals surface area contributed by atoms with Crippen molar-refractivity contribution in [1.29, 1.82) is 0 Å². The Bertz CT molecular complexity index is 509. The van der Waals surface area contributed by atoms with Gasteiger partial charge in [0.25, 0.3) is 0 Å². The third-order valence-corrected chi connectivity index (χ3v) is 3.34. The number of nitrogens with one attached hydrogen (secondary N) is 1. The summed E-state index contributed by atoms with van der Waals surface area (Å²) in [5, 5.41) is 2.79. The van der Waals surface area contributed by atoms with E-state index in [-0.39, 0.29) is 18.3 Å². The molecule has 1 amide bonds. The van der Waals surface area contributed by atoms with E-state index in [0.717, 1.165) is 23.1 Å². The van der Waals surface area contributed by atoms with Crippen molar-refractivity contribution in [3.8, 4) is 5.75 Å². The fraction of sp³-hybridized carbons (Fsp3) is 0.529. The van der Waals surface area contributed by atoms with Crippen molar-refractivity contribution in [2.45, 2.75) is 53.4 Å². The number of aryl methyl sites for hydroxylation is 2. The molecule has 1 aromatic carbocycles. The number of carbonyl (C=O) groups excluding carboxylic acids is 2. The highest BCUT2D eigenvalue weighted by atomic mass is 16.5. The van der Waals surface area contributed by atoms with Gasteiger partial charge in [-0.3, -0.25) is 9.59 Å². The summed E-state index contributed by atoms with van der Waals surface area (Å²) < 4.78 is 5.40. The van der Waals surface area contributed by atoms with E-state index in [4.69, 9.17) is 4.74 Å². The SMILES string of the molecule is CCCNC(=O)CCCC(=O)Oc1cc(C)cc(C)c1C. The molecule has 0 aliphatic carbocycles. The van der Waals surface area contributed by atoms with Crippen molar-refractivity contribution < 1.29 is 14.3 Å². The summed E-state index contributed by atoms with van der Waals surface area (Å²) in [6, 6.07) is 3.93. The van der Waals surface area contributed by atoms with Crippen LogP contribution in [0.5, 0.6) is 5.75 Å². The lowest BCUT2D eigenvalue weighted by atomic mass is 10.1. The van der Waals surface area contributed by atoms with Crippen molar-refractivity contribution in [3.63, 3.8) is 0 Å². The van der Waals surface area contributed by atoms with Gasteiger partial charge in [-0.15, -0.1) is 0 Å². The van der Waals surface area contributed by atoms with Crippen LogP contribution < -0.4 is 10.1 Å². The Balaban J connectivity index is 2.43. The Kier molecular flexibility index (Phi) is 6.92. The molecule has 0 bridgehead atoms. The van der Waals surface area contributed by atoms with Crippen LogP contribution in [0, 0.1) is 20.8 Å². The van der Waals surface area contributed by atoms with Crippen molar-refractivity contribution in [2.24, 2.45) is 0 Å². The first-order chi connectivity index (χ1) is 9.93. The third kappa shape index (κ3) is 5.98. The minimum atomic E-state index is -0.286. The van der Waals surface area contributed by atoms with Gasteiger partial charge in [-0.25, -0.2) is 0 Å². The normalized spacial score (nSPS) is 10.3. The molecule has 1 rings (SSSR count). The predicted molar refractivity (Wildman–Crippen MR) is 83.4 cm³/mol. The number of amides is 1. The highest BCUT2D eigenvalue weighted by Gasteiger charge is 2.10. The number of hydrogen-bond acceptors (Lipinski definition) is 3. The molecule has 116 valence electrons. The molecule has 0 heterocycles. The molecule has 1 N–H and O–H groups in total. The molecular formula is C17H25NO3. The fourth-order valence-electron chi connectivity index (χ4n) is 2.03. The van der Waals surface area contributed by atoms with Gasteiger partial charge in [-0.1, -0.05) is 13.0 Å². The Morgan fingerprint density at radius 2 is 1.86 bits per heavy atom. The van der Waals surface area contributed by atoms with Crippen LogP contribution in [0.3, 0.4) is 0 Å². The van der Waals surface area contributed by atoms with Crippen LogP contribution in [0.1, 0.15) is 49.3 Å². The van der Waals surface area contributed by atoms with Crippen LogP contribution in [0.4, 0.5) is 0 Å². The molecular weight excluding hydrogens is 266 g/mol. The Hall–Kier alpha value is -1.84. The molecule has 4 nitrogen and oxygen atoms in total. The number of benzene rings is 1. The zero-order valence-corrected chi connectivity index (χ0v) is 13.4. The number of hydrogen-bond donors (Lipinski definition) is 1. The lowest BCUT2D eigenvalue weighted by molar-refractivity contribution is -0.134. The zero-order valence-electron chi connectivity index (χ0n) is 13.4. The summed E-state index contributed by atoms with van der Waals surface area (Å²) in [6.07, 6.45) is 2.05. The molecule has 0 radical (unpaired) electrons. The summed E-state index contributed by atoms with van der Waals surface area (Å²) in [5.41, 5.74) is 3.16. The standard InChI is InChI=1S/C17H25NO3/c1-5-9-18-16(19)7-6-8-17(20)21-15-11-12(2)10-13(3)14(15)4/h10-11H,5-9H2,1-4H3,(H,18,19). The van der Waals surface area contributed by atoms with E-state index < -0.39 is 0 Å². The second-order valence-electron chi connectivity index (χ2n) is 5.38. The van der Waals surface area contributed by atoms with E-state index in [2.05, 4.69) is 11.4 Å². The van der Waals surface area contributed by atoms with Gasteiger partial charge in [0.2, 0.25) is 5.91 Å². The van der Waals surface area contributed by atoms with Gasteiger partial charge in [0, 0.05) is 19.4 Å². The minimum absolute atomic E-state index is 0.00719. The quantitative estimate of drug-likeness (QED) is 0.620. The molecule has 0 saturated carbocycles. The fourth-order valence-corrected chi connectivity index (χ4v) is 2.03. The van der Waals surface area contributed by atoms with Crippen LogP contribution in [-0.2, 0) is 9.59 Å². The van der Waals surface area contributed by atoms with Crippen molar-refractivity contribution >= 4 is 11.9 Å². The van der Waals surface area contributed by atoms with Crippen LogP contribution >= 0.6 is 0 Å². The van der Waals surface area contributed by atoms with Crippen LogP contribution in [0.15, 0.2) is 12.1 Å². The Morgan fingerprint density at radius 1 is 1.14 bits per heavy atom. The van der Waals surface area contributed by atoms with Crippen molar-refractivity contribution in [2.75, 3.05) is 6.54 Å². The minimum Gasteiger partial charge on any atom is -0.426 e. The van der Waals surface area contributed by atoms with E-state index in [1.165, 1.54) is 0 Å². The lowest BCUT2D eigenvalue weighted by Crippen LogP contribution is -2.23. The van der Waals surface area contributed by atoms with E-state index in [1.807, 2.05) is 33.8 Å². The van der Waals surface area contributed by atoms with Gasteiger partial charge < -0.3 is 10.1 Å². The number of carbonyl (C=O) groups is 2. The molecule has 0 aliphatic rings. The molecule has 0 unspecified atom stereocenters. The number of ether oxygens (including phenoxy) is 1. The first-order valence-electron chi connectivity index (χ1n) is 7.49. The predicted octanol–water partition coefficient (Wildman–Crippen LogP) is 3.21. The second kappa shape index (κ2) is 8.45. The van der Waals surface area contributed by atoms with Crippen LogP contribution in [0.25, 0.3) is 0 Å². The molecule has 0 spiro atoms. The van der Waals surface area contributed by atoms with Crippen molar-refractivity contribution in [3.05, 3.63) is 28.8 Å². The summed E-state index contributed by atoms with van der Waals surface area (Å²) >= 11 is 0. The second-order valence-corrected chi connectivity index (χ2v) is 5.38. The monoisotopic (exact) mass is 291 g/mol. The topological polar surface area (TPSA) is 55.4 Å². The number of rotatable bonds is 7. The summed E-state index contributed by atoms with van der Waals surface area (Å²) in [6.45, 7) is 8.60. The Morgan fingerprint density at radius 3 is 2.52 bits per heavy atom. The molecule has 0 saturated heterocycles. The average Bonchev–Trinajstić information content (AvgIpc) is 2.42. The first kappa shape index (κ1) is 17.2. The van der Waals surface area contributed by atoms with Gasteiger partial charge >= 0.3 is 5.97 Å². The van der Waals surface area contributed by atoms with Gasteiger partial charge in [-0.2, -0.15) is 0 Å². The van der Waals surface area contributed by atoms with Crippen LogP contribution in [0.2, 0.25) is 0 Å². The largest absolute Gasteiger partial charge is 0.426 e. The third-order valence-electron chi connectivity index (χ3n) is 3.34. The van der Waals surface area contributed by atoms with Gasteiger partial charge in [0.15, 0.2) is 0 Å². The average molecular weight is 291 g/mol. The lowest BCUT2D eigenvalue weighted by Gasteiger charge is -2.11. The van der Waals surface area contributed by atoms with Gasteiger partial charge in [0.05, 0.1) is 0 Å². The molecule has 0 atom stereocenters. The van der Waals surface area contributed by atoms with Crippen molar-refractivity contribution in [1.82, 2.24) is 5.32 Å². The van der Waals surface area contributed by atoms with E-state index in [0.29, 0.717) is 25.1 Å². The maximum atomic E-state index is 11.8. The zero-order chi connectivity index (χ0) is 15.8. The van der Waals surface area contributed by atoms with Crippen LogP contribution in [-0.4, -0.2) is 18.4 Å². The smallest absolute Gasteiger partial charge is 0.311 e. The highest BCUT2D eigenvalue weighted by Crippen LogP contribution is 2.23. The maximum absolute atomic E-state index is 11.8. The van der Waals surface area contributed by atoms with E-state index >= 15 is 0 Å². The van der Waals surface area contributed by atoms with E-state index in [1.54, 1.807) is 0 Å². The first-order valence-corrected chi connectivity index (χ1v) is 7.49. The highest BCUT2D eigenvalue weighted by molar-refractivity contribution is 5.77. The van der Waals surface area contributed by atoms with Gasteiger partial charge in [0.1, 0.15) is 5.75 Å². The molecule has 0 fully saturated rings. The summed E-state index contributed by atoms with van der Waals surface area (Å²) in [7, 11) is 0. The number of esters is 1. The molecule has 0 aromatic heterocycles. The molecule has 21 heavy (non-hydrogen) atoms. The maximum Gasteiger partial charge on any atom is 0.311 e. The van der Waals surface area contributed by atoms with E-state index in [9.17, 15) is 9.59 Å². The Labute approximate surface area is 126 Å². The molecule has 0 aliphatic heterocycles. The van der Waals surface area contributed by atoms with Gasteiger partial charge in [-0.05, 0) is 56.4 Å².